The number of hydrogen-bond donors (Lipinski definition) is 0. The number of ether oxygens (including phenoxy) is 11. The summed E-state index contributed by atoms with van der Waals surface area (Å²) in [4.78, 5) is 13.4. The van der Waals surface area contributed by atoms with Crippen molar-refractivity contribution in [1.82, 2.24) is 4.90 Å². The van der Waals surface area contributed by atoms with Crippen molar-refractivity contribution in [3.8, 4) is 0 Å². The highest BCUT2D eigenvalue weighted by atomic mass is 16.6. The summed E-state index contributed by atoms with van der Waals surface area (Å²) in [5.41, 5.74) is -0.507. The highest BCUT2D eigenvalue weighted by molar-refractivity contribution is 5.67. The van der Waals surface area contributed by atoms with Gasteiger partial charge in [0, 0.05) is 20.2 Å². The summed E-state index contributed by atoms with van der Waals surface area (Å²) in [5, 5.41) is 0. The molecule has 0 fully saturated rings. The molecular weight excluding hydrogens is 662 g/mol. The van der Waals surface area contributed by atoms with Crippen LogP contribution in [-0.2, 0) is 52.1 Å². The summed E-state index contributed by atoms with van der Waals surface area (Å²) >= 11 is 0. The summed E-state index contributed by atoms with van der Waals surface area (Å²) in [6, 6.07) is 0. The molecule has 0 unspecified atom stereocenters. The first-order chi connectivity index (χ1) is 24.9. The van der Waals surface area contributed by atoms with Gasteiger partial charge < -0.3 is 57.0 Å². The Morgan fingerprint density at radius 2 is 0.647 bits per heavy atom. The molecule has 0 saturated heterocycles. The highest BCUT2D eigenvalue weighted by Crippen LogP contribution is 2.11. The number of amides is 1. The molecule has 0 spiro atoms. The van der Waals surface area contributed by atoms with Gasteiger partial charge in [-0.2, -0.15) is 0 Å². The van der Waals surface area contributed by atoms with Gasteiger partial charge in [-0.15, -0.1) is 0 Å². The summed E-state index contributed by atoms with van der Waals surface area (Å²) < 4.78 is 60.5. The quantitative estimate of drug-likeness (QED) is 0.0690. The van der Waals surface area contributed by atoms with E-state index in [9.17, 15) is 4.79 Å². The first kappa shape index (κ1) is 49.9. The molecule has 13 heteroatoms. The zero-order chi connectivity index (χ0) is 37.4. The largest absolute Gasteiger partial charge is 0.444 e. The van der Waals surface area contributed by atoms with Crippen molar-refractivity contribution in [2.24, 2.45) is 0 Å². The Morgan fingerprint density at radius 3 is 0.941 bits per heavy atom. The van der Waals surface area contributed by atoms with E-state index in [1.54, 1.807) is 7.05 Å². The molecule has 0 aliphatic carbocycles. The number of nitrogens with zero attached hydrogens (tertiary/aromatic N) is 1. The minimum atomic E-state index is -0.507. The van der Waals surface area contributed by atoms with Crippen LogP contribution in [0.25, 0.3) is 0 Å². The van der Waals surface area contributed by atoms with E-state index in [0.29, 0.717) is 132 Å². The van der Waals surface area contributed by atoms with Gasteiger partial charge in [-0.25, -0.2) is 4.79 Å². The molecule has 0 aliphatic heterocycles. The molecule has 0 atom stereocenters. The molecule has 0 radical (unpaired) electrons. The Kier molecular flexibility index (Phi) is 39.2. The molecule has 0 saturated carbocycles. The standard InChI is InChI=1S/C38H77NO12/c1-6-7-8-9-10-11-12-13-14-15-17-41-19-21-43-23-25-45-27-29-47-31-33-49-35-36-50-34-32-48-30-28-46-26-24-44-22-20-42-18-16-39(5)37(40)51-38(2,3)4/h6-36H2,1-5H3. The van der Waals surface area contributed by atoms with Crippen LogP contribution in [0, 0.1) is 0 Å². The van der Waals surface area contributed by atoms with Gasteiger partial charge >= 0.3 is 6.09 Å². The van der Waals surface area contributed by atoms with E-state index in [-0.39, 0.29) is 6.09 Å². The average Bonchev–Trinajstić information content (AvgIpc) is 3.10. The zero-order valence-electron chi connectivity index (χ0n) is 33.3. The topological polar surface area (TPSA) is 122 Å². The van der Waals surface area contributed by atoms with Crippen molar-refractivity contribution in [3.05, 3.63) is 0 Å². The second-order valence-corrected chi connectivity index (χ2v) is 13.2. The number of carbonyl (C=O) groups is 1. The van der Waals surface area contributed by atoms with Crippen LogP contribution in [0.4, 0.5) is 4.79 Å². The van der Waals surface area contributed by atoms with Crippen LogP contribution in [0.5, 0.6) is 0 Å². The second kappa shape index (κ2) is 40.1. The van der Waals surface area contributed by atoms with Gasteiger partial charge in [-0.05, 0) is 27.2 Å². The minimum Gasteiger partial charge on any atom is -0.444 e. The predicted molar refractivity (Wildman–Crippen MR) is 199 cm³/mol. The number of hydrogen-bond acceptors (Lipinski definition) is 12. The fourth-order valence-corrected chi connectivity index (χ4v) is 4.41. The van der Waals surface area contributed by atoms with Crippen LogP contribution in [0.1, 0.15) is 91.9 Å². The van der Waals surface area contributed by atoms with E-state index in [1.807, 2.05) is 20.8 Å². The number of likely N-dealkylation sites (N-methyl/N-ethyl adjacent to an activating group) is 1. The van der Waals surface area contributed by atoms with E-state index in [0.717, 1.165) is 13.0 Å². The normalized spacial score (nSPS) is 11.8. The lowest BCUT2D eigenvalue weighted by Gasteiger charge is -2.24. The van der Waals surface area contributed by atoms with Crippen molar-refractivity contribution in [1.29, 1.82) is 0 Å². The third kappa shape index (κ3) is 43.2. The van der Waals surface area contributed by atoms with Crippen molar-refractivity contribution in [3.63, 3.8) is 0 Å². The Labute approximate surface area is 310 Å². The molecular formula is C38H77NO12. The molecule has 51 heavy (non-hydrogen) atoms. The molecule has 0 N–H and O–H groups in total. The van der Waals surface area contributed by atoms with Crippen LogP contribution in [0.2, 0.25) is 0 Å². The van der Waals surface area contributed by atoms with Crippen LogP contribution in [-0.4, -0.2) is 162 Å². The second-order valence-electron chi connectivity index (χ2n) is 13.2. The lowest BCUT2D eigenvalue weighted by molar-refractivity contribution is -0.0267. The third-order valence-electron chi connectivity index (χ3n) is 7.27. The molecule has 1 amide bonds. The molecule has 0 rings (SSSR count). The molecule has 0 heterocycles. The van der Waals surface area contributed by atoms with E-state index in [1.165, 1.54) is 62.7 Å². The van der Waals surface area contributed by atoms with E-state index in [4.69, 9.17) is 52.1 Å². The fourth-order valence-electron chi connectivity index (χ4n) is 4.41. The van der Waals surface area contributed by atoms with Gasteiger partial charge in [-0.1, -0.05) is 64.7 Å². The summed E-state index contributed by atoms with van der Waals surface area (Å²) in [6.45, 7) is 18.9. The van der Waals surface area contributed by atoms with Gasteiger partial charge in [-0.3, -0.25) is 0 Å². The summed E-state index contributed by atoms with van der Waals surface area (Å²) in [5.74, 6) is 0. The predicted octanol–water partition coefficient (Wildman–Crippen LogP) is 5.94. The molecule has 0 aromatic carbocycles. The van der Waals surface area contributed by atoms with Crippen molar-refractivity contribution in [2.45, 2.75) is 97.5 Å². The Hall–Kier alpha value is -1.13. The van der Waals surface area contributed by atoms with Crippen molar-refractivity contribution >= 4 is 6.09 Å². The first-order valence-corrected chi connectivity index (χ1v) is 19.6. The smallest absolute Gasteiger partial charge is 0.410 e. The monoisotopic (exact) mass is 740 g/mol. The maximum absolute atomic E-state index is 11.9. The minimum absolute atomic E-state index is 0.361. The lowest BCUT2D eigenvalue weighted by atomic mass is 10.1. The van der Waals surface area contributed by atoms with Crippen molar-refractivity contribution < 1.29 is 56.9 Å². The SMILES string of the molecule is CCCCCCCCCCCCOCCOCCOCCOCCOCCOCCOCCOCCOCCOCCN(C)C(=O)OC(C)(C)C. The molecule has 0 aliphatic rings. The molecule has 0 bridgehead atoms. The van der Waals surface area contributed by atoms with Crippen LogP contribution in [0.15, 0.2) is 0 Å². The summed E-state index contributed by atoms with van der Waals surface area (Å²) in [7, 11) is 1.69. The van der Waals surface area contributed by atoms with E-state index < -0.39 is 5.60 Å². The fraction of sp³-hybridized carbons (Fsp3) is 0.974. The number of carbonyl (C=O) groups excluding carboxylic acids is 1. The van der Waals surface area contributed by atoms with Crippen LogP contribution >= 0.6 is 0 Å². The van der Waals surface area contributed by atoms with Gasteiger partial charge in [0.15, 0.2) is 0 Å². The Morgan fingerprint density at radius 1 is 0.392 bits per heavy atom. The molecule has 13 nitrogen and oxygen atoms in total. The van der Waals surface area contributed by atoms with Crippen LogP contribution in [0.3, 0.4) is 0 Å². The Balaban J connectivity index is 3.13. The van der Waals surface area contributed by atoms with Gasteiger partial charge in [0.25, 0.3) is 0 Å². The van der Waals surface area contributed by atoms with Crippen molar-refractivity contribution in [2.75, 3.05) is 146 Å². The maximum Gasteiger partial charge on any atom is 0.410 e. The Bertz CT molecular complexity index is 698. The molecule has 0 aromatic rings. The maximum atomic E-state index is 11.9. The number of rotatable bonds is 41. The van der Waals surface area contributed by atoms with Gasteiger partial charge in [0.2, 0.25) is 0 Å². The zero-order valence-corrected chi connectivity index (χ0v) is 33.3. The first-order valence-electron chi connectivity index (χ1n) is 19.6. The number of unbranched alkanes of at least 4 members (excludes halogenated alkanes) is 9. The molecule has 0 aromatic heterocycles. The summed E-state index contributed by atoms with van der Waals surface area (Å²) in [6.07, 6.45) is 13.0. The third-order valence-corrected chi connectivity index (χ3v) is 7.27. The highest BCUT2D eigenvalue weighted by Gasteiger charge is 2.19. The van der Waals surface area contributed by atoms with Gasteiger partial charge in [0.1, 0.15) is 5.60 Å². The van der Waals surface area contributed by atoms with Gasteiger partial charge in [0.05, 0.1) is 126 Å². The molecule has 306 valence electrons. The average molecular weight is 740 g/mol. The van der Waals surface area contributed by atoms with E-state index >= 15 is 0 Å². The van der Waals surface area contributed by atoms with E-state index in [2.05, 4.69) is 6.92 Å². The lowest BCUT2D eigenvalue weighted by Crippen LogP contribution is -2.36. The van der Waals surface area contributed by atoms with Crippen LogP contribution < -0.4 is 0 Å².